The van der Waals surface area contributed by atoms with Crippen LogP contribution in [-0.2, 0) is 10.0 Å². The Morgan fingerprint density at radius 1 is 1.50 bits per heavy atom. The molecule has 1 unspecified atom stereocenters. The van der Waals surface area contributed by atoms with Crippen LogP contribution in [0.2, 0.25) is 0 Å². The van der Waals surface area contributed by atoms with Crippen LogP contribution in [0.4, 0.5) is 0 Å². The molecule has 84 valence electrons. The third-order valence-corrected chi connectivity index (χ3v) is 3.95. The zero-order chi connectivity index (χ0) is 10.6. The van der Waals surface area contributed by atoms with Crippen molar-refractivity contribution in [1.82, 2.24) is 9.62 Å². The van der Waals surface area contributed by atoms with Crippen LogP contribution in [0.3, 0.4) is 0 Å². The fraction of sp³-hybridized carbons (Fsp3) is 1.00. The summed E-state index contributed by atoms with van der Waals surface area (Å²) in [5.41, 5.74) is 0. The lowest BCUT2D eigenvalue weighted by Crippen LogP contribution is -2.53. The molecule has 0 aromatic heterocycles. The number of sulfonamides is 1. The number of hydrogen-bond acceptors (Lipinski definition) is 3. The van der Waals surface area contributed by atoms with E-state index >= 15 is 0 Å². The van der Waals surface area contributed by atoms with Crippen molar-refractivity contribution in [3.05, 3.63) is 0 Å². The monoisotopic (exact) mass is 220 g/mol. The number of unbranched alkanes of at least 4 members (excludes halogenated alkanes) is 1. The summed E-state index contributed by atoms with van der Waals surface area (Å²) in [6, 6.07) is 0.165. The quantitative estimate of drug-likeness (QED) is 0.746. The second-order valence-electron chi connectivity index (χ2n) is 3.87. The van der Waals surface area contributed by atoms with Gasteiger partial charge in [-0.15, -0.1) is 0 Å². The highest BCUT2D eigenvalue weighted by Gasteiger charge is 2.28. The topological polar surface area (TPSA) is 49.4 Å². The lowest BCUT2D eigenvalue weighted by atomic mass is 10.1. The van der Waals surface area contributed by atoms with Crippen molar-refractivity contribution >= 4 is 10.0 Å². The lowest BCUT2D eigenvalue weighted by Gasteiger charge is -2.34. The van der Waals surface area contributed by atoms with Crippen LogP contribution in [0.25, 0.3) is 0 Å². The summed E-state index contributed by atoms with van der Waals surface area (Å²) < 4.78 is 24.6. The van der Waals surface area contributed by atoms with Crippen LogP contribution in [-0.4, -0.2) is 44.7 Å². The van der Waals surface area contributed by atoms with Gasteiger partial charge in [0.25, 0.3) is 0 Å². The van der Waals surface area contributed by atoms with Gasteiger partial charge in [0.15, 0.2) is 0 Å². The number of nitrogens with zero attached hydrogens (tertiary/aromatic N) is 1. The molecule has 1 rings (SSSR count). The SMILES string of the molecule is CCCCC1CNCCN1S(C)(=O)=O. The Balaban J connectivity index is 2.60. The van der Waals surface area contributed by atoms with Gasteiger partial charge in [-0.2, -0.15) is 4.31 Å². The third kappa shape index (κ3) is 3.22. The van der Waals surface area contributed by atoms with Gasteiger partial charge in [-0.05, 0) is 6.42 Å². The van der Waals surface area contributed by atoms with Gasteiger partial charge < -0.3 is 5.32 Å². The van der Waals surface area contributed by atoms with Gasteiger partial charge in [0.1, 0.15) is 0 Å². The number of piperazine rings is 1. The maximum Gasteiger partial charge on any atom is 0.211 e. The lowest BCUT2D eigenvalue weighted by molar-refractivity contribution is 0.253. The standard InChI is InChI=1S/C9H20N2O2S/c1-3-4-5-9-8-10-6-7-11(9)14(2,12)13/h9-10H,3-8H2,1-2H3. The van der Waals surface area contributed by atoms with Crippen molar-refractivity contribution in [2.45, 2.75) is 32.2 Å². The maximum atomic E-state index is 11.5. The van der Waals surface area contributed by atoms with Crippen molar-refractivity contribution in [2.75, 3.05) is 25.9 Å². The van der Waals surface area contributed by atoms with Crippen LogP contribution >= 0.6 is 0 Å². The van der Waals surface area contributed by atoms with Gasteiger partial charge in [0, 0.05) is 25.7 Å². The fourth-order valence-electron chi connectivity index (χ4n) is 1.86. The van der Waals surface area contributed by atoms with E-state index in [1.165, 1.54) is 6.26 Å². The normalized spacial score (nSPS) is 25.1. The molecule has 1 N–H and O–H groups in total. The van der Waals surface area contributed by atoms with E-state index in [9.17, 15) is 8.42 Å². The molecule has 0 spiro atoms. The van der Waals surface area contributed by atoms with Gasteiger partial charge in [0.2, 0.25) is 10.0 Å². The molecular weight excluding hydrogens is 200 g/mol. The molecule has 1 aliphatic rings. The van der Waals surface area contributed by atoms with Crippen LogP contribution in [0.1, 0.15) is 26.2 Å². The Morgan fingerprint density at radius 2 is 2.21 bits per heavy atom. The first-order valence-corrected chi connectivity index (χ1v) is 7.08. The largest absolute Gasteiger partial charge is 0.314 e. The Bertz CT molecular complexity index is 264. The molecule has 1 heterocycles. The number of rotatable bonds is 4. The molecule has 0 saturated carbocycles. The molecule has 0 amide bonds. The molecule has 14 heavy (non-hydrogen) atoms. The molecule has 5 heteroatoms. The van der Waals surface area contributed by atoms with E-state index in [1.807, 2.05) is 0 Å². The van der Waals surface area contributed by atoms with Crippen molar-refractivity contribution < 1.29 is 8.42 Å². The summed E-state index contributed by atoms with van der Waals surface area (Å²) in [5.74, 6) is 0. The summed E-state index contributed by atoms with van der Waals surface area (Å²) >= 11 is 0. The highest BCUT2D eigenvalue weighted by Crippen LogP contribution is 2.14. The Labute approximate surface area is 86.7 Å². The number of hydrogen-bond donors (Lipinski definition) is 1. The van der Waals surface area contributed by atoms with E-state index in [0.29, 0.717) is 6.54 Å². The van der Waals surface area contributed by atoms with E-state index in [0.717, 1.165) is 32.4 Å². The van der Waals surface area contributed by atoms with Crippen molar-refractivity contribution in [3.8, 4) is 0 Å². The first kappa shape index (κ1) is 11.9. The summed E-state index contributed by atoms with van der Waals surface area (Å²) in [7, 11) is -3.01. The van der Waals surface area contributed by atoms with Gasteiger partial charge in [-0.1, -0.05) is 19.8 Å². The fourth-order valence-corrected chi connectivity index (χ4v) is 3.01. The first-order chi connectivity index (χ1) is 6.55. The molecule has 1 saturated heterocycles. The molecule has 1 aliphatic heterocycles. The molecule has 0 radical (unpaired) electrons. The van der Waals surface area contributed by atoms with Gasteiger partial charge in [-0.3, -0.25) is 0 Å². The van der Waals surface area contributed by atoms with Crippen LogP contribution < -0.4 is 5.32 Å². The van der Waals surface area contributed by atoms with Gasteiger partial charge in [-0.25, -0.2) is 8.42 Å². The van der Waals surface area contributed by atoms with Crippen LogP contribution in [0.5, 0.6) is 0 Å². The highest BCUT2D eigenvalue weighted by atomic mass is 32.2. The molecule has 1 fully saturated rings. The van der Waals surface area contributed by atoms with Crippen LogP contribution in [0.15, 0.2) is 0 Å². The Kier molecular flexibility index (Phi) is 4.34. The van der Waals surface area contributed by atoms with Gasteiger partial charge in [0.05, 0.1) is 6.26 Å². The van der Waals surface area contributed by atoms with E-state index in [2.05, 4.69) is 12.2 Å². The Morgan fingerprint density at radius 3 is 2.79 bits per heavy atom. The van der Waals surface area contributed by atoms with Crippen LogP contribution in [0, 0.1) is 0 Å². The van der Waals surface area contributed by atoms with Crippen molar-refractivity contribution in [3.63, 3.8) is 0 Å². The predicted octanol–water partition coefficient (Wildman–Crippen LogP) is 0.410. The summed E-state index contributed by atoms with van der Waals surface area (Å²) in [4.78, 5) is 0. The summed E-state index contributed by atoms with van der Waals surface area (Å²) in [6.07, 6.45) is 4.49. The van der Waals surface area contributed by atoms with Crippen molar-refractivity contribution in [1.29, 1.82) is 0 Å². The zero-order valence-corrected chi connectivity index (χ0v) is 9.81. The van der Waals surface area contributed by atoms with E-state index in [1.54, 1.807) is 4.31 Å². The minimum atomic E-state index is -3.01. The molecule has 0 aromatic rings. The smallest absolute Gasteiger partial charge is 0.211 e. The van der Waals surface area contributed by atoms with E-state index in [-0.39, 0.29) is 6.04 Å². The minimum Gasteiger partial charge on any atom is -0.314 e. The van der Waals surface area contributed by atoms with E-state index in [4.69, 9.17) is 0 Å². The second kappa shape index (κ2) is 5.09. The first-order valence-electron chi connectivity index (χ1n) is 5.23. The van der Waals surface area contributed by atoms with Gasteiger partial charge >= 0.3 is 0 Å². The number of nitrogens with one attached hydrogen (secondary N) is 1. The highest BCUT2D eigenvalue weighted by molar-refractivity contribution is 7.88. The van der Waals surface area contributed by atoms with E-state index < -0.39 is 10.0 Å². The Hall–Kier alpha value is -0.130. The average Bonchev–Trinajstić information content (AvgIpc) is 2.14. The van der Waals surface area contributed by atoms with Crippen molar-refractivity contribution in [2.24, 2.45) is 0 Å². The average molecular weight is 220 g/mol. The minimum absolute atomic E-state index is 0.165. The molecule has 0 aromatic carbocycles. The zero-order valence-electron chi connectivity index (χ0n) is 8.99. The molecule has 0 aliphatic carbocycles. The third-order valence-electron chi connectivity index (χ3n) is 2.61. The summed E-state index contributed by atoms with van der Waals surface area (Å²) in [5, 5.41) is 3.24. The molecule has 1 atom stereocenters. The summed E-state index contributed by atoms with van der Waals surface area (Å²) in [6.45, 7) is 4.32. The predicted molar refractivity (Wildman–Crippen MR) is 57.7 cm³/mol. The second-order valence-corrected chi connectivity index (χ2v) is 5.81. The molecule has 0 bridgehead atoms. The maximum absolute atomic E-state index is 11.5. The molecule has 4 nitrogen and oxygen atoms in total. The molecular formula is C9H20N2O2S.